The molecule has 0 spiro atoms. The maximum Gasteiger partial charge on any atom is 0.113 e. The van der Waals surface area contributed by atoms with E-state index in [1.807, 2.05) is 0 Å². The Morgan fingerprint density at radius 1 is 0.938 bits per heavy atom. The lowest BCUT2D eigenvalue weighted by atomic mass is 9.93. The number of aromatic nitrogens is 1. The first-order valence-electron chi connectivity index (χ1n) is 11.5. The summed E-state index contributed by atoms with van der Waals surface area (Å²) in [5, 5.41) is 0. The molecule has 1 aliphatic heterocycles. The predicted octanol–water partition coefficient (Wildman–Crippen LogP) is 5.28. The molecule has 4 nitrogen and oxygen atoms in total. The Bertz CT molecular complexity index is 1120. The van der Waals surface area contributed by atoms with Gasteiger partial charge in [-0.15, -0.1) is 0 Å². The van der Waals surface area contributed by atoms with Crippen LogP contribution in [0.4, 0.5) is 5.82 Å². The van der Waals surface area contributed by atoms with Crippen LogP contribution < -0.4 is 4.90 Å². The normalized spacial score (nSPS) is 13.6. The van der Waals surface area contributed by atoms with Crippen LogP contribution in [0, 0.1) is 13.8 Å². The third-order valence-corrected chi connectivity index (χ3v) is 6.52. The molecule has 0 aliphatic carbocycles. The number of rotatable bonds is 7. The molecule has 2 aromatic carbocycles. The van der Waals surface area contributed by atoms with Crippen molar-refractivity contribution in [1.82, 2.24) is 14.8 Å². The van der Waals surface area contributed by atoms with Crippen LogP contribution in [-0.2, 0) is 6.54 Å². The number of aryl methyl sites for hydroxylation is 2. The van der Waals surface area contributed by atoms with Crippen LogP contribution in [0.5, 0.6) is 0 Å². The van der Waals surface area contributed by atoms with E-state index in [0.29, 0.717) is 0 Å². The topological polar surface area (TPSA) is 25.5 Å². The highest BCUT2D eigenvalue weighted by molar-refractivity contribution is 5.96. The van der Waals surface area contributed by atoms with E-state index in [9.17, 15) is 0 Å². The predicted molar refractivity (Wildman–Crippen MR) is 138 cm³/mol. The number of hydrogen-bond acceptors (Lipinski definition) is 3. The Kier molecular flexibility index (Phi) is 6.54. The number of likely N-dealkylation sites (N-methyl/N-ethyl adjacent to an activating group) is 3. The Labute approximate surface area is 193 Å². The first-order valence-corrected chi connectivity index (χ1v) is 11.5. The minimum Gasteiger partial charge on any atom is -0.356 e. The molecule has 0 atom stereocenters. The standard InChI is InChI=1S/C28H36N4/c1-20-9-7-8-10-25(20)27-17-29-28-26(27)16-24(19-32(28)6)22-11-12-23(21(2)15-22)18-31(5)14-13-30(3)4/h7-12,15-17,29H,13-14,18-19H2,1-6H3. The monoisotopic (exact) mass is 428 g/mol. The van der Waals surface area contributed by atoms with Crippen LogP contribution in [0.3, 0.4) is 0 Å². The fourth-order valence-electron chi connectivity index (χ4n) is 4.53. The van der Waals surface area contributed by atoms with Crippen molar-refractivity contribution < 1.29 is 0 Å². The van der Waals surface area contributed by atoms with Gasteiger partial charge < -0.3 is 19.7 Å². The SMILES string of the molecule is Cc1cc(C2=Cc3c(-c4ccccc4C)c[nH]c3N(C)C2)ccc1CN(C)CCN(C)C. The van der Waals surface area contributed by atoms with Gasteiger partial charge in [0.25, 0.3) is 0 Å². The second-order valence-corrected chi connectivity index (χ2v) is 9.49. The molecule has 0 radical (unpaired) electrons. The van der Waals surface area contributed by atoms with Crippen molar-refractivity contribution in [2.75, 3.05) is 52.7 Å². The van der Waals surface area contributed by atoms with Crippen LogP contribution in [0.25, 0.3) is 22.8 Å². The summed E-state index contributed by atoms with van der Waals surface area (Å²) < 4.78 is 0. The molecule has 4 heteroatoms. The molecule has 0 fully saturated rings. The smallest absolute Gasteiger partial charge is 0.113 e. The Morgan fingerprint density at radius 2 is 1.72 bits per heavy atom. The lowest BCUT2D eigenvalue weighted by Crippen LogP contribution is -2.28. The second-order valence-electron chi connectivity index (χ2n) is 9.49. The summed E-state index contributed by atoms with van der Waals surface area (Å²) in [5.74, 6) is 1.20. The summed E-state index contributed by atoms with van der Waals surface area (Å²) in [6.45, 7) is 8.47. The third kappa shape index (κ3) is 4.67. The number of hydrogen-bond donors (Lipinski definition) is 1. The number of H-pyrrole nitrogens is 1. The summed E-state index contributed by atoms with van der Waals surface area (Å²) in [6.07, 6.45) is 4.53. The average Bonchev–Trinajstić information content (AvgIpc) is 3.18. The van der Waals surface area contributed by atoms with Crippen molar-refractivity contribution >= 4 is 17.5 Å². The maximum atomic E-state index is 3.51. The average molecular weight is 429 g/mol. The minimum absolute atomic E-state index is 0.905. The van der Waals surface area contributed by atoms with E-state index in [0.717, 1.165) is 26.2 Å². The Morgan fingerprint density at radius 3 is 2.44 bits per heavy atom. The van der Waals surface area contributed by atoms with Crippen LogP contribution in [0.15, 0.2) is 48.7 Å². The van der Waals surface area contributed by atoms with Crippen molar-refractivity contribution in [3.63, 3.8) is 0 Å². The van der Waals surface area contributed by atoms with E-state index in [4.69, 9.17) is 0 Å². The molecule has 168 valence electrons. The van der Waals surface area contributed by atoms with Crippen molar-refractivity contribution in [2.45, 2.75) is 20.4 Å². The summed E-state index contributed by atoms with van der Waals surface area (Å²) in [5.41, 5.74) is 10.6. The number of anilines is 1. The molecule has 0 amide bonds. The van der Waals surface area contributed by atoms with E-state index in [2.05, 4.69) is 116 Å². The molecule has 0 saturated carbocycles. The Balaban J connectivity index is 1.62. The van der Waals surface area contributed by atoms with Gasteiger partial charge in [-0.25, -0.2) is 0 Å². The molecule has 1 aromatic heterocycles. The second kappa shape index (κ2) is 9.35. The molecule has 1 N–H and O–H groups in total. The number of aromatic amines is 1. The summed E-state index contributed by atoms with van der Waals surface area (Å²) >= 11 is 0. The molecule has 0 saturated heterocycles. The van der Waals surface area contributed by atoms with Gasteiger partial charge in [0.15, 0.2) is 0 Å². The van der Waals surface area contributed by atoms with Gasteiger partial charge in [0, 0.05) is 50.6 Å². The van der Waals surface area contributed by atoms with Crippen molar-refractivity contribution in [2.24, 2.45) is 0 Å². The van der Waals surface area contributed by atoms with E-state index < -0.39 is 0 Å². The molecule has 3 aromatic rings. The molecular formula is C28H36N4. The zero-order valence-electron chi connectivity index (χ0n) is 20.4. The number of nitrogens with one attached hydrogen (secondary N) is 1. The lowest BCUT2D eigenvalue weighted by molar-refractivity contribution is 0.276. The Hall–Kier alpha value is -2.82. The quantitative estimate of drug-likeness (QED) is 0.554. The first-order chi connectivity index (χ1) is 15.3. The van der Waals surface area contributed by atoms with Crippen LogP contribution >= 0.6 is 0 Å². The fraction of sp³-hybridized carbons (Fsp3) is 0.357. The van der Waals surface area contributed by atoms with Gasteiger partial charge in [-0.2, -0.15) is 0 Å². The van der Waals surface area contributed by atoms with Gasteiger partial charge in [-0.1, -0.05) is 42.5 Å². The molecule has 1 aliphatic rings. The van der Waals surface area contributed by atoms with Gasteiger partial charge in [0.2, 0.25) is 0 Å². The van der Waals surface area contributed by atoms with Gasteiger partial charge in [0.05, 0.1) is 0 Å². The summed E-state index contributed by atoms with van der Waals surface area (Å²) in [4.78, 5) is 10.5. The van der Waals surface area contributed by atoms with E-state index >= 15 is 0 Å². The molecule has 0 bridgehead atoms. The molecule has 4 rings (SSSR count). The molecule has 2 heterocycles. The van der Waals surface area contributed by atoms with E-state index in [1.54, 1.807) is 0 Å². The lowest BCUT2D eigenvalue weighted by Gasteiger charge is -2.26. The largest absolute Gasteiger partial charge is 0.356 e. The summed E-state index contributed by atoms with van der Waals surface area (Å²) in [7, 11) is 8.63. The van der Waals surface area contributed by atoms with Gasteiger partial charge in [-0.3, -0.25) is 0 Å². The van der Waals surface area contributed by atoms with Gasteiger partial charge in [0.1, 0.15) is 5.82 Å². The third-order valence-electron chi connectivity index (χ3n) is 6.52. The van der Waals surface area contributed by atoms with E-state index in [1.165, 1.54) is 50.3 Å². The van der Waals surface area contributed by atoms with Crippen LogP contribution in [0.1, 0.15) is 27.8 Å². The minimum atomic E-state index is 0.905. The first kappa shape index (κ1) is 22.4. The van der Waals surface area contributed by atoms with Crippen molar-refractivity contribution in [1.29, 1.82) is 0 Å². The number of benzene rings is 2. The zero-order valence-corrected chi connectivity index (χ0v) is 20.4. The highest BCUT2D eigenvalue weighted by atomic mass is 15.2. The van der Waals surface area contributed by atoms with Gasteiger partial charge >= 0.3 is 0 Å². The maximum absolute atomic E-state index is 3.51. The van der Waals surface area contributed by atoms with Gasteiger partial charge in [-0.05, 0) is 74.5 Å². The van der Waals surface area contributed by atoms with Crippen molar-refractivity contribution in [3.05, 3.63) is 76.5 Å². The number of nitrogens with zero attached hydrogens (tertiary/aromatic N) is 3. The highest BCUT2D eigenvalue weighted by Gasteiger charge is 2.22. The van der Waals surface area contributed by atoms with Crippen LogP contribution in [-0.4, -0.2) is 62.6 Å². The molecule has 0 unspecified atom stereocenters. The molecule has 32 heavy (non-hydrogen) atoms. The fourth-order valence-corrected chi connectivity index (χ4v) is 4.53. The number of fused-ring (bicyclic) bond motifs is 1. The zero-order chi connectivity index (χ0) is 22.8. The molecular weight excluding hydrogens is 392 g/mol. The van der Waals surface area contributed by atoms with E-state index in [-0.39, 0.29) is 0 Å². The van der Waals surface area contributed by atoms with Crippen LogP contribution in [0.2, 0.25) is 0 Å². The van der Waals surface area contributed by atoms with Crippen molar-refractivity contribution in [3.8, 4) is 11.1 Å². The highest BCUT2D eigenvalue weighted by Crippen LogP contribution is 2.39. The summed E-state index contributed by atoms with van der Waals surface area (Å²) in [6, 6.07) is 15.6.